The van der Waals surface area contributed by atoms with Gasteiger partial charge in [0.1, 0.15) is 10.0 Å². The molecular weight excluding hydrogens is 304 g/mol. The van der Waals surface area contributed by atoms with Crippen molar-refractivity contribution >= 4 is 22.0 Å². The third-order valence-corrected chi connectivity index (χ3v) is 5.91. The van der Waals surface area contributed by atoms with Crippen molar-refractivity contribution in [1.82, 2.24) is 9.88 Å². The molecular formula is C18H24N4S. The highest BCUT2D eigenvalue weighted by Crippen LogP contribution is 2.35. The summed E-state index contributed by atoms with van der Waals surface area (Å²) in [7, 11) is 2.20. The van der Waals surface area contributed by atoms with Gasteiger partial charge in [-0.15, -0.1) is 0 Å². The lowest BCUT2D eigenvalue weighted by Gasteiger charge is -2.34. The molecule has 0 amide bonds. The van der Waals surface area contributed by atoms with E-state index in [1.165, 1.54) is 34.8 Å². The second-order valence-electron chi connectivity index (χ2n) is 6.52. The lowest BCUT2D eigenvalue weighted by molar-refractivity contribution is 0.313. The molecule has 1 aromatic heterocycles. The predicted octanol–water partition coefficient (Wildman–Crippen LogP) is 3.31. The average Bonchev–Trinajstić information content (AvgIpc) is 2.87. The third kappa shape index (κ3) is 3.21. The molecule has 0 radical (unpaired) electrons. The number of likely N-dealkylation sites (N-methyl/N-ethyl adjacent to an activating group) is 1. The Kier molecular flexibility index (Phi) is 4.23. The van der Waals surface area contributed by atoms with Crippen molar-refractivity contribution in [2.45, 2.75) is 19.3 Å². The minimum atomic E-state index is 1.08. The van der Waals surface area contributed by atoms with Gasteiger partial charge in [-0.25, -0.2) is 4.98 Å². The van der Waals surface area contributed by atoms with Gasteiger partial charge < -0.3 is 15.1 Å². The summed E-state index contributed by atoms with van der Waals surface area (Å²) < 4.78 is 0. The maximum absolute atomic E-state index is 4.87. The molecule has 1 N–H and O–H groups in total. The number of piperazine rings is 1. The Morgan fingerprint density at radius 3 is 2.61 bits per heavy atom. The molecule has 0 atom stereocenters. The zero-order chi connectivity index (χ0) is 15.6. The van der Waals surface area contributed by atoms with Crippen LogP contribution in [0.4, 0.5) is 10.7 Å². The number of hydrogen-bond acceptors (Lipinski definition) is 5. The molecule has 4 rings (SSSR count). The smallest absolute Gasteiger partial charge is 0.125 e. The topological polar surface area (TPSA) is 31.4 Å². The number of hydrogen-bond donors (Lipinski definition) is 1. The Balaban J connectivity index is 1.52. The number of rotatable bonds is 2. The molecule has 1 aromatic carbocycles. The van der Waals surface area contributed by atoms with Gasteiger partial charge in [0.2, 0.25) is 0 Å². The molecule has 23 heavy (non-hydrogen) atoms. The average molecular weight is 328 g/mol. The molecule has 0 saturated carbocycles. The number of aryl methyl sites for hydroxylation is 1. The van der Waals surface area contributed by atoms with Gasteiger partial charge >= 0.3 is 0 Å². The molecule has 5 heteroatoms. The van der Waals surface area contributed by atoms with Crippen molar-refractivity contribution in [3.05, 3.63) is 30.0 Å². The molecule has 2 aromatic rings. The third-order valence-electron chi connectivity index (χ3n) is 4.81. The minimum Gasteiger partial charge on any atom is -0.375 e. The number of benzene rings is 1. The first-order valence-electron chi connectivity index (χ1n) is 8.57. The monoisotopic (exact) mass is 328 g/mol. The first-order valence-corrected chi connectivity index (χ1v) is 9.39. The first kappa shape index (κ1) is 15.0. The van der Waals surface area contributed by atoms with Gasteiger partial charge in [0.15, 0.2) is 0 Å². The molecule has 122 valence electrons. The Hall–Kier alpha value is -1.59. The van der Waals surface area contributed by atoms with Crippen LogP contribution < -0.4 is 10.2 Å². The van der Waals surface area contributed by atoms with Crippen molar-refractivity contribution in [1.29, 1.82) is 0 Å². The summed E-state index contributed by atoms with van der Waals surface area (Å²) in [5, 5.41) is 5.95. The molecule has 3 heterocycles. The van der Waals surface area contributed by atoms with E-state index in [1.807, 2.05) is 0 Å². The highest BCUT2D eigenvalue weighted by Gasteiger charge is 2.16. The van der Waals surface area contributed by atoms with Crippen LogP contribution in [-0.2, 0) is 6.42 Å². The lowest BCUT2D eigenvalue weighted by atomic mass is 10.2. The second-order valence-corrected chi connectivity index (χ2v) is 7.51. The Bertz CT molecular complexity index is 633. The van der Waals surface area contributed by atoms with Crippen LogP contribution in [-0.4, -0.2) is 49.7 Å². The highest BCUT2D eigenvalue weighted by atomic mass is 32.1. The molecule has 1 fully saturated rings. The zero-order valence-corrected chi connectivity index (χ0v) is 14.5. The van der Waals surface area contributed by atoms with E-state index in [4.69, 9.17) is 4.98 Å². The van der Waals surface area contributed by atoms with Crippen molar-refractivity contribution in [3.8, 4) is 10.6 Å². The fourth-order valence-corrected chi connectivity index (χ4v) is 4.32. The molecule has 0 spiro atoms. The van der Waals surface area contributed by atoms with Crippen LogP contribution in [0.2, 0.25) is 0 Å². The van der Waals surface area contributed by atoms with Gasteiger partial charge in [-0.3, -0.25) is 0 Å². The summed E-state index contributed by atoms with van der Waals surface area (Å²) in [6.07, 6.45) is 3.60. The van der Waals surface area contributed by atoms with Crippen LogP contribution in [0.1, 0.15) is 18.5 Å². The largest absolute Gasteiger partial charge is 0.375 e. The number of thiazole rings is 1. The Morgan fingerprint density at radius 1 is 1.04 bits per heavy atom. The van der Waals surface area contributed by atoms with Crippen molar-refractivity contribution in [3.63, 3.8) is 0 Å². The summed E-state index contributed by atoms with van der Waals surface area (Å²) in [5.41, 5.74) is 3.83. The van der Waals surface area contributed by atoms with Gasteiger partial charge in [-0.2, -0.15) is 0 Å². The van der Waals surface area contributed by atoms with E-state index < -0.39 is 0 Å². The van der Waals surface area contributed by atoms with Crippen LogP contribution in [0, 0.1) is 0 Å². The van der Waals surface area contributed by atoms with Crippen molar-refractivity contribution < 1.29 is 0 Å². The molecule has 0 unspecified atom stereocenters. The van der Waals surface area contributed by atoms with Gasteiger partial charge in [0.25, 0.3) is 0 Å². The fourth-order valence-electron chi connectivity index (χ4n) is 3.28. The second kappa shape index (κ2) is 6.49. The molecule has 0 aliphatic carbocycles. The maximum atomic E-state index is 4.87. The van der Waals surface area contributed by atoms with Crippen LogP contribution in [0.15, 0.2) is 24.3 Å². The van der Waals surface area contributed by atoms with E-state index in [9.17, 15) is 0 Å². The van der Waals surface area contributed by atoms with E-state index in [0.29, 0.717) is 0 Å². The SMILES string of the molecule is CN1CCN(c2ccc(-c3nc4c(s3)NCCCC4)cc2)CC1. The predicted molar refractivity (Wildman–Crippen MR) is 98.7 cm³/mol. The van der Waals surface area contributed by atoms with E-state index >= 15 is 0 Å². The molecule has 0 bridgehead atoms. The fraction of sp³-hybridized carbons (Fsp3) is 0.500. The minimum absolute atomic E-state index is 1.08. The standard InChI is InChI=1S/C18H24N4S/c1-21-10-12-22(13-11-21)15-7-5-14(6-8-15)17-20-16-4-2-3-9-19-18(16)23-17/h5-8,19H,2-4,9-13H2,1H3. The maximum Gasteiger partial charge on any atom is 0.125 e. The van der Waals surface area contributed by atoms with Crippen LogP contribution in [0.25, 0.3) is 10.6 Å². The lowest BCUT2D eigenvalue weighted by Crippen LogP contribution is -2.44. The number of aromatic nitrogens is 1. The van der Waals surface area contributed by atoms with E-state index in [0.717, 1.165) is 44.2 Å². The summed E-state index contributed by atoms with van der Waals surface area (Å²) in [6.45, 7) is 5.60. The van der Waals surface area contributed by atoms with E-state index in [1.54, 1.807) is 11.3 Å². The van der Waals surface area contributed by atoms with Crippen LogP contribution in [0.3, 0.4) is 0 Å². The van der Waals surface area contributed by atoms with Gasteiger partial charge in [-0.1, -0.05) is 11.3 Å². The van der Waals surface area contributed by atoms with Gasteiger partial charge in [-0.05, 0) is 50.6 Å². The van der Waals surface area contributed by atoms with Gasteiger partial charge in [0.05, 0.1) is 5.69 Å². The van der Waals surface area contributed by atoms with Crippen LogP contribution >= 0.6 is 11.3 Å². The quantitative estimate of drug-likeness (QED) is 0.916. The number of nitrogens with one attached hydrogen (secondary N) is 1. The Morgan fingerprint density at radius 2 is 1.83 bits per heavy atom. The van der Waals surface area contributed by atoms with Crippen molar-refractivity contribution in [2.24, 2.45) is 0 Å². The molecule has 1 saturated heterocycles. The number of fused-ring (bicyclic) bond motifs is 1. The summed E-state index contributed by atoms with van der Waals surface area (Å²) in [6, 6.07) is 8.96. The summed E-state index contributed by atoms with van der Waals surface area (Å²) >= 11 is 1.80. The number of nitrogens with zero attached hydrogens (tertiary/aromatic N) is 3. The zero-order valence-electron chi connectivity index (χ0n) is 13.7. The number of anilines is 2. The first-order chi connectivity index (χ1) is 11.3. The molecule has 2 aliphatic rings. The van der Waals surface area contributed by atoms with E-state index in [2.05, 4.69) is 46.4 Å². The van der Waals surface area contributed by atoms with Crippen molar-refractivity contribution in [2.75, 3.05) is 50.0 Å². The normalized spacial score (nSPS) is 19.1. The Labute approximate surface area is 142 Å². The molecule has 4 nitrogen and oxygen atoms in total. The summed E-state index contributed by atoms with van der Waals surface area (Å²) in [4.78, 5) is 9.73. The summed E-state index contributed by atoms with van der Waals surface area (Å²) in [5.74, 6) is 0. The molecule has 2 aliphatic heterocycles. The van der Waals surface area contributed by atoms with Crippen LogP contribution in [0.5, 0.6) is 0 Å². The van der Waals surface area contributed by atoms with Gasteiger partial charge in [0, 0.05) is 44.0 Å². The highest BCUT2D eigenvalue weighted by molar-refractivity contribution is 7.19. The van der Waals surface area contributed by atoms with E-state index in [-0.39, 0.29) is 0 Å².